The number of Topliss-reactive ketones (excluding diaryl/α,β-unsaturated/α-hetero) is 1. The van der Waals surface area contributed by atoms with Gasteiger partial charge in [0, 0.05) is 12.8 Å². The first kappa shape index (κ1) is 25.9. The summed E-state index contributed by atoms with van der Waals surface area (Å²) in [6.45, 7) is 17.6. The lowest BCUT2D eigenvalue weighted by molar-refractivity contribution is -0.169. The number of hydrogen-bond donors (Lipinski definition) is 2. The van der Waals surface area contributed by atoms with E-state index in [0.29, 0.717) is 59.0 Å². The van der Waals surface area contributed by atoms with Gasteiger partial charge >= 0.3 is 0 Å². The van der Waals surface area contributed by atoms with Gasteiger partial charge in [0.25, 0.3) is 0 Å². The van der Waals surface area contributed by atoms with Gasteiger partial charge in [-0.05, 0) is 104 Å². The SMILES string of the molecule is C=C.CC(C)[C@H](O)CC[C@@H](C)C1CCC2C3C(CC[C@@]21C)[C@@]1(C)CCC(=O)C[C@@H]1C[C@H]3O. The van der Waals surface area contributed by atoms with E-state index in [2.05, 4.69) is 47.8 Å². The zero-order chi connectivity index (χ0) is 23.8. The van der Waals surface area contributed by atoms with E-state index >= 15 is 0 Å². The molecule has 2 N–H and O–H groups in total. The van der Waals surface area contributed by atoms with Crippen LogP contribution in [0.4, 0.5) is 0 Å². The van der Waals surface area contributed by atoms with Crippen LogP contribution in [0.3, 0.4) is 0 Å². The van der Waals surface area contributed by atoms with Crippen LogP contribution < -0.4 is 0 Å². The number of ketones is 1. The molecule has 0 amide bonds. The average Bonchev–Trinajstić information content (AvgIpc) is 3.11. The molecule has 10 atom stereocenters. The molecule has 0 aromatic carbocycles. The van der Waals surface area contributed by atoms with Crippen molar-refractivity contribution in [3.05, 3.63) is 13.2 Å². The number of aliphatic hydroxyl groups is 2. The molecule has 4 rings (SSSR count). The van der Waals surface area contributed by atoms with Crippen LogP contribution in [0.5, 0.6) is 0 Å². The Morgan fingerprint density at radius 3 is 2.31 bits per heavy atom. The highest BCUT2D eigenvalue weighted by atomic mass is 16.3. The van der Waals surface area contributed by atoms with E-state index in [-0.39, 0.29) is 17.6 Å². The summed E-state index contributed by atoms with van der Waals surface area (Å²) in [7, 11) is 0. The van der Waals surface area contributed by atoms with Crippen molar-refractivity contribution in [3.63, 3.8) is 0 Å². The molecule has 4 aliphatic rings. The first-order valence-corrected chi connectivity index (χ1v) is 13.5. The molecule has 4 saturated carbocycles. The smallest absolute Gasteiger partial charge is 0.133 e. The second kappa shape index (κ2) is 9.90. The molecule has 0 aliphatic heterocycles. The van der Waals surface area contributed by atoms with Crippen molar-refractivity contribution in [3.8, 4) is 0 Å². The lowest BCUT2D eigenvalue weighted by Crippen LogP contribution is -2.58. The third kappa shape index (κ3) is 4.38. The van der Waals surface area contributed by atoms with Crippen LogP contribution in [-0.2, 0) is 4.79 Å². The van der Waals surface area contributed by atoms with Gasteiger partial charge in [-0.2, -0.15) is 0 Å². The molecule has 0 saturated heterocycles. The Morgan fingerprint density at radius 1 is 1.00 bits per heavy atom. The van der Waals surface area contributed by atoms with Crippen molar-refractivity contribution in [2.75, 3.05) is 0 Å². The maximum absolute atomic E-state index is 12.1. The molecule has 4 unspecified atom stereocenters. The minimum atomic E-state index is -0.222. The predicted molar refractivity (Wildman–Crippen MR) is 132 cm³/mol. The van der Waals surface area contributed by atoms with Crippen LogP contribution in [-0.4, -0.2) is 28.2 Å². The molecule has 0 heterocycles. The highest BCUT2D eigenvalue weighted by Crippen LogP contribution is 2.68. The van der Waals surface area contributed by atoms with Crippen molar-refractivity contribution in [2.45, 2.75) is 111 Å². The molecule has 0 spiro atoms. The minimum Gasteiger partial charge on any atom is -0.393 e. The van der Waals surface area contributed by atoms with Crippen LogP contribution in [0, 0.1) is 52.3 Å². The van der Waals surface area contributed by atoms with E-state index in [9.17, 15) is 15.0 Å². The van der Waals surface area contributed by atoms with Gasteiger partial charge in [0.05, 0.1) is 12.2 Å². The summed E-state index contributed by atoms with van der Waals surface area (Å²) in [6.07, 6.45) is 10.0. The van der Waals surface area contributed by atoms with E-state index in [1.54, 1.807) is 0 Å². The quantitative estimate of drug-likeness (QED) is 0.479. The fourth-order valence-electron chi connectivity index (χ4n) is 8.96. The molecule has 3 heteroatoms. The Morgan fingerprint density at radius 2 is 1.66 bits per heavy atom. The molecule has 4 fully saturated rings. The van der Waals surface area contributed by atoms with Crippen LogP contribution in [0.25, 0.3) is 0 Å². The van der Waals surface area contributed by atoms with Crippen molar-refractivity contribution in [2.24, 2.45) is 52.3 Å². The summed E-state index contributed by atoms with van der Waals surface area (Å²) in [4.78, 5) is 12.1. The normalized spacial score (nSPS) is 45.2. The van der Waals surface area contributed by atoms with Gasteiger partial charge in [0.2, 0.25) is 0 Å². The minimum absolute atomic E-state index is 0.181. The first-order chi connectivity index (χ1) is 15.1. The third-order valence-electron chi connectivity index (χ3n) is 10.9. The van der Waals surface area contributed by atoms with E-state index < -0.39 is 0 Å². The standard InChI is InChI=1S/C27H46O3.C2H4/c1-16(2)23(29)9-6-17(3)20-7-8-21-25-22(11-13-27(20,21)5)26(4)12-10-19(28)14-18(26)15-24(25)30;1-2/h16-18,20-25,29-30H,6-15H2,1-5H3;1-2H2/t17-,18-,20?,21?,22?,23-,24-,25?,26+,27-;/m1./s1. The summed E-state index contributed by atoms with van der Waals surface area (Å²) in [6, 6.07) is 0. The maximum atomic E-state index is 12.1. The zero-order valence-electron chi connectivity index (χ0n) is 21.5. The number of fused-ring (bicyclic) bond motifs is 5. The summed E-state index contributed by atoms with van der Waals surface area (Å²) < 4.78 is 0. The highest BCUT2D eigenvalue weighted by Gasteiger charge is 2.62. The summed E-state index contributed by atoms with van der Waals surface area (Å²) in [5.41, 5.74) is 0.586. The fraction of sp³-hybridized carbons (Fsp3) is 0.897. The van der Waals surface area contributed by atoms with E-state index in [0.717, 1.165) is 32.1 Å². The van der Waals surface area contributed by atoms with E-state index in [1.807, 2.05) is 0 Å². The van der Waals surface area contributed by atoms with Crippen molar-refractivity contribution >= 4 is 5.78 Å². The summed E-state index contributed by atoms with van der Waals surface area (Å²) >= 11 is 0. The maximum Gasteiger partial charge on any atom is 0.133 e. The van der Waals surface area contributed by atoms with Gasteiger partial charge in [0.1, 0.15) is 5.78 Å². The Hall–Kier alpha value is -0.670. The lowest BCUT2D eigenvalue weighted by atomic mass is 9.44. The van der Waals surface area contributed by atoms with Crippen LogP contribution in [0.2, 0.25) is 0 Å². The molecule has 32 heavy (non-hydrogen) atoms. The number of aliphatic hydroxyl groups excluding tert-OH is 2. The topological polar surface area (TPSA) is 57.5 Å². The van der Waals surface area contributed by atoms with Gasteiger partial charge in [-0.1, -0.05) is 34.6 Å². The summed E-state index contributed by atoms with van der Waals surface area (Å²) in [5.74, 6) is 4.16. The molecule has 184 valence electrons. The number of carbonyl (C=O) groups excluding carboxylic acids is 1. The molecule has 0 radical (unpaired) electrons. The Labute approximate surface area is 197 Å². The second-order valence-electron chi connectivity index (χ2n) is 12.6. The van der Waals surface area contributed by atoms with Gasteiger partial charge in [0.15, 0.2) is 0 Å². The Kier molecular flexibility index (Phi) is 8.03. The molecular formula is C29H50O3. The first-order valence-electron chi connectivity index (χ1n) is 13.5. The third-order valence-corrected chi connectivity index (χ3v) is 10.9. The fourth-order valence-corrected chi connectivity index (χ4v) is 8.96. The summed E-state index contributed by atoms with van der Waals surface area (Å²) in [5, 5.41) is 21.6. The number of hydrogen-bond acceptors (Lipinski definition) is 3. The predicted octanol–water partition coefficient (Wildman–Crippen LogP) is 6.42. The van der Waals surface area contributed by atoms with E-state index in [1.165, 1.54) is 25.7 Å². The molecule has 0 aromatic heterocycles. The second-order valence-corrected chi connectivity index (χ2v) is 12.6. The Balaban J connectivity index is 0.00000141. The van der Waals surface area contributed by atoms with Gasteiger partial charge < -0.3 is 10.2 Å². The van der Waals surface area contributed by atoms with Gasteiger partial charge in [-0.3, -0.25) is 4.79 Å². The van der Waals surface area contributed by atoms with Crippen molar-refractivity contribution < 1.29 is 15.0 Å². The van der Waals surface area contributed by atoms with E-state index in [4.69, 9.17) is 0 Å². The Bertz CT molecular complexity index is 659. The molecule has 3 nitrogen and oxygen atoms in total. The monoisotopic (exact) mass is 446 g/mol. The van der Waals surface area contributed by atoms with Crippen molar-refractivity contribution in [1.29, 1.82) is 0 Å². The average molecular weight is 447 g/mol. The molecule has 4 aliphatic carbocycles. The van der Waals surface area contributed by atoms with Gasteiger partial charge in [-0.25, -0.2) is 0 Å². The van der Waals surface area contributed by atoms with Crippen molar-refractivity contribution in [1.82, 2.24) is 0 Å². The molecule has 0 aromatic rings. The van der Waals surface area contributed by atoms with Crippen LogP contribution >= 0.6 is 0 Å². The largest absolute Gasteiger partial charge is 0.393 e. The van der Waals surface area contributed by atoms with Crippen LogP contribution in [0.15, 0.2) is 13.2 Å². The lowest BCUT2D eigenvalue weighted by Gasteiger charge is -2.62. The number of rotatable bonds is 5. The van der Waals surface area contributed by atoms with Crippen LogP contribution in [0.1, 0.15) is 98.8 Å². The molecule has 0 bridgehead atoms. The number of carbonyl (C=O) groups is 1. The molecular weight excluding hydrogens is 396 g/mol. The zero-order valence-corrected chi connectivity index (χ0v) is 21.5. The van der Waals surface area contributed by atoms with Gasteiger partial charge in [-0.15, -0.1) is 13.2 Å². The highest BCUT2D eigenvalue weighted by molar-refractivity contribution is 5.79.